The van der Waals surface area contributed by atoms with Gasteiger partial charge in [-0.25, -0.2) is 9.97 Å². The van der Waals surface area contributed by atoms with Crippen LogP contribution in [-0.4, -0.2) is 84.3 Å². The molecule has 4 N–H and O–H groups in total. The maximum Gasteiger partial charge on any atom is 0.217 e. The summed E-state index contributed by atoms with van der Waals surface area (Å²) in [4.78, 5) is 29.9. The van der Waals surface area contributed by atoms with Crippen LogP contribution in [0.4, 0.5) is 11.4 Å². The molecule has 0 spiro atoms. The Balaban J connectivity index is 1.12. The highest BCUT2D eigenvalue weighted by atomic mass is 79.9. The summed E-state index contributed by atoms with van der Waals surface area (Å²) in [5, 5.41) is 3.75. The molecule has 2 aromatic heterocycles. The number of allylic oxidation sites excluding steroid dienone is 1. The van der Waals surface area contributed by atoms with E-state index in [4.69, 9.17) is 20.2 Å². The Labute approximate surface area is 254 Å². The first-order valence-corrected chi connectivity index (χ1v) is 15.8. The largest absolute Gasteiger partial charge is 0.496 e. The second-order valence-electron chi connectivity index (χ2n) is 12.0. The van der Waals surface area contributed by atoms with Crippen molar-refractivity contribution in [1.29, 1.82) is 0 Å². The lowest BCUT2D eigenvalue weighted by molar-refractivity contribution is -0.119. The molecule has 4 aliphatic rings. The second kappa shape index (κ2) is 11.5. The monoisotopic (exact) mass is 635 g/mol. The number of aromatic nitrogens is 3. The van der Waals surface area contributed by atoms with Crippen LogP contribution in [0.3, 0.4) is 0 Å². The summed E-state index contributed by atoms with van der Waals surface area (Å²) in [6.45, 7) is 5.83. The predicted molar refractivity (Wildman–Crippen MR) is 167 cm³/mol. The van der Waals surface area contributed by atoms with Crippen LogP contribution in [0.25, 0.3) is 22.6 Å². The number of hydrogen-bond donors (Lipinski definition) is 3. The number of anilines is 2. The summed E-state index contributed by atoms with van der Waals surface area (Å²) in [6, 6.07) is 7.13. The smallest absolute Gasteiger partial charge is 0.217 e. The van der Waals surface area contributed by atoms with E-state index in [2.05, 4.69) is 71.4 Å². The van der Waals surface area contributed by atoms with E-state index in [1.807, 2.05) is 0 Å². The number of H-pyrrole nitrogens is 1. The Bertz CT molecular complexity index is 1500. The average molecular weight is 637 g/mol. The number of pyridine rings is 1. The molecule has 11 heteroatoms. The first-order valence-electron chi connectivity index (χ1n) is 15.0. The standard InChI is InChI=1S/C31H38BrN7O3/c1-41-25-15-21(38-8-6-20(7-9-38)39-10-12-42-13-11-39)4-5-22(25)30-36-29-28(24(32)17-34-31(29)37-30)35-27-19-3-2-18(14-19)23(27)16-26(33)40/h2-5,15,17-20,23,27H,6-14,16H2,1H3,(H2,33,40)(H2,34,35,36,37). The molecule has 4 atom stereocenters. The summed E-state index contributed by atoms with van der Waals surface area (Å²) >= 11 is 3.70. The van der Waals surface area contributed by atoms with Crippen molar-refractivity contribution in [2.24, 2.45) is 23.5 Å². The lowest BCUT2D eigenvalue weighted by Gasteiger charge is -2.40. The number of halogens is 1. The summed E-state index contributed by atoms with van der Waals surface area (Å²) in [6.07, 6.45) is 10.0. The van der Waals surface area contributed by atoms with Crippen LogP contribution in [0.15, 0.2) is 41.0 Å². The lowest BCUT2D eigenvalue weighted by atomic mass is 9.86. The number of nitrogens with one attached hydrogen (secondary N) is 2. The Morgan fingerprint density at radius 2 is 1.98 bits per heavy atom. The van der Waals surface area contributed by atoms with Crippen LogP contribution in [0.1, 0.15) is 25.7 Å². The number of nitrogens with two attached hydrogens (primary N) is 1. The number of piperidine rings is 1. The van der Waals surface area contributed by atoms with Crippen LogP contribution < -0.4 is 20.7 Å². The molecule has 3 fully saturated rings. The van der Waals surface area contributed by atoms with Crippen molar-refractivity contribution in [2.75, 3.05) is 56.7 Å². The van der Waals surface area contributed by atoms with Crippen LogP contribution in [0.5, 0.6) is 5.75 Å². The number of morpholine rings is 1. The van der Waals surface area contributed by atoms with Gasteiger partial charge in [-0.3, -0.25) is 9.69 Å². The first-order chi connectivity index (χ1) is 20.5. The SMILES string of the molecule is COc1cc(N2CCC(N3CCOCC3)CC2)ccc1-c1nc2ncc(Br)c(NC3C4C=CC(C4)C3CC(N)=O)c2[nH]1. The second-order valence-corrected chi connectivity index (χ2v) is 12.8. The Kier molecular flexibility index (Phi) is 7.58. The number of rotatable bonds is 8. The number of nitrogens with zero attached hydrogens (tertiary/aromatic N) is 4. The van der Waals surface area contributed by atoms with Gasteiger partial charge in [0.25, 0.3) is 0 Å². The van der Waals surface area contributed by atoms with Gasteiger partial charge < -0.3 is 30.4 Å². The third-order valence-corrected chi connectivity index (χ3v) is 10.3. The molecule has 2 aliphatic carbocycles. The zero-order valence-electron chi connectivity index (χ0n) is 23.9. The quantitative estimate of drug-likeness (QED) is 0.315. The zero-order valence-corrected chi connectivity index (χ0v) is 25.5. The molecule has 2 saturated heterocycles. The summed E-state index contributed by atoms with van der Waals surface area (Å²) < 4.78 is 12.3. The van der Waals surface area contributed by atoms with Crippen molar-refractivity contribution in [3.05, 3.63) is 41.0 Å². The van der Waals surface area contributed by atoms with E-state index < -0.39 is 0 Å². The predicted octanol–water partition coefficient (Wildman–Crippen LogP) is 4.18. The number of hydrogen-bond acceptors (Lipinski definition) is 8. The van der Waals surface area contributed by atoms with Crippen molar-refractivity contribution in [2.45, 2.75) is 37.8 Å². The fourth-order valence-corrected chi connectivity index (χ4v) is 7.94. The van der Waals surface area contributed by atoms with E-state index >= 15 is 0 Å². The highest BCUT2D eigenvalue weighted by Crippen LogP contribution is 2.47. The van der Waals surface area contributed by atoms with E-state index in [-0.39, 0.29) is 17.9 Å². The molecule has 1 saturated carbocycles. The summed E-state index contributed by atoms with van der Waals surface area (Å²) in [5.41, 5.74) is 10.0. The summed E-state index contributed by atoms with van der Waals surface area (Å²) in [5.74, 6) is 2.13. The van der Waals surface area contributed by atoms with Crippen LogP contribution in [-0.2, 0) is 9.53 Å². The highest BCUT2D eigenvalue weighted by Gasteiger charge is 2.45. The fourth-order valence-electron chi connectivity index (χ4n) is 7.52. The number of amides is 1. The van der Waals surface area contributed by atoms with E-state index in [9.17, 15) is 4.79 Å². The maximum atomic E-state index is 11.8. The molecular formula is C31H38BrN7O3. The number of imidazole rings is 1. The van der Waals surface area contributed by atoms with Crippen LogP contribution in [0.2, 0.25) is 0 Å². The molecule has 1 amide bonds. The molecule has 2 bridgehead atoms. The van der Waals surface area contributed by atoms with Gasteiger partial charge in [-0.2, -0.15) is 0 Å². The minimum atomic E-state index is -0.257. The van der Waals surface area contributed by atoms with Gasteiger partial charge in [0.05, 0.1) is 36.0 Å². The average Bonchev–Trinajstić information content (AvgIpc) is 3.75. The van der Waals surface area contributed by atoms with Gasteiger partial charge >= 0.3 is 0 Å². The minimum Gasteiger partial charge on any atom is -0.496 e. The highest BCUT2D eigenvalue weighted by molar-refractivity contribution is 9.10. The van der Waals surface area contributed by atoms with Crippen LogP contribution >= 0.6 is 15.9 Å². The van der Waals surface area contributed by atoms with Gasteiger partial charge in [0.2, 0.25) is 5.91 Å². The molecule has 1 aromatic carbocycles. The van der Waals surface area contributed by atoms with Crippen molar-refractivity contribution < 1.29 is 14.3 Å². The van der Waals surface area contributed by atoms with E-state index in [1.165, 1.54) is 5.69 Å². The molecule has 4 heterocycles. The minimum absolute atomic E-state index is 0.113. The summed E-state index contributed by atoms with van der Waals surface area (Å²) in [7, 11) is 1.71. The lowest BCUT2D eigenvalue weighted by Crippen LogP contribution is -2.49. The van der Waals surface area contributed by atoms with Gasteiger partial charge in [0.1, 0.15) is 17.1 Å². The normalized spacial score (nSPS) is 26.3. The van der Waals surface area contributed by atoms with Crippen molar-refractivity contribution in [3.8, 4) is 17.1 Å². The van der Waals surface area contributed by atoms with Gasteiger partial charge in [-0.1, -0.05) is 12.2 Å². The van der Waals surface area contributed by atoms with Crippen molar-refractivity contribution in [3.63, 3.8) is 0 Å². The molecule has 3 aromatic rings. The number of methoxy groups -OCH3 is 1. The molecular weight excluding hydrogens is 598 g/mol. The fraction of sp³-hybridized carbons (Fsp3) is 0.516. The molecule has 0 radical (unpaired) electrons. The Morgan fingerprint density at radius 3 is 2.74 bits per heavy atom. The van der Waals surface area contributed by atoms with Gasteiger partial charge in [-0.05, 0) is 65.1 Å². The molecule has 222 valence electrons. The van der Waals surface area contributed by atoms with E-state index in [0.717, 1.165) is 85.6 Å². The Hall–Kier alpha value is -3.15. The molecule has 4 unspecified atom stereocenters. The maximum absolute atomic E-state index is 11.8. The molecule has 42 heavy (non-hydrogen) atoms. The number of carbonyl (C=O) groups is 1. The molecule has 10 nitrogen and oxygen atoms in total. The first kappa shape index (κ1) is 27.7. The number of ether oxygens (including phenoxy) is 2. The Morgan fingerprint density at radius 1 is 1.19 bits per heavy atom. The van der Waals surface area contributed by atoms with Crippen LogP contribution in [0, 0.1) is 17.8 Å². The van der Waals surface area contributed by atoms with Crippen molar-refractivity contribution >= 4 is 44.4 Å². The van der Waals surface area contributed by atoms with E-state index in [1.54, 1.807) is 13.3 Å². The van der Waals surface area contributed by atoms with Gasteiger partial charge in [-0.15, -0.1) is 0 Å². The topological polar surface area (TPSA) is 122 Å². The number of aromatic amines is 1. The third kappa shape index (κ3) is 5.16. The van der Waals surface area contributed by atoms with Gasteiger partial charge in [0.15, 0.2) is 5.65 Å². The zero-order chi connectivity index (χ0) is 28.8. The molecule has 7 rings (SSSR count). The third-order valence-electron chi connectivity index (χ3n) is 9.68. The molecule has 2 aliphatic heterocycles. The number of carbonyl (C=O) groups excluding carboxylic acids is 1. The number of primary amides is 1. The van der Waals surface area contributed by atoms with E-state index in [0.29, 0.717) is 35.8 Å². The number of benzene rings is 1. The van der Waals surface area contributed by atoms with Crippen molar-refractivity contribution in [1.82, 2.24) is 19.9 Å². The van der Waals surface area contributed by atoms with Gasteiger partial charge in [0, 0.05) is 62.6 Å². The number of fused-ring (bicyclic) bond motifs is 3.